The van der Waals surface area contributed by atoms with Crippen molar-refractivity contribution in [3.8, 4) is 0 Å². The molecule has 0 aliphatic heterocycles. The minimum absolute atomic E-state index is 0.640. The van der Waals surface area contributed by atoms with E-state index < -0.39 is 0 Å². The van der Waals surface area contributed by atoms with Crippen molar-refractivity contribution in [1.82, 2.24) is 0 Å². The molecule has 0 radical (unpaired) electrons. The van der Waals surface area contributed by atoms with Crippen LogP contribution in [0.15, 0.2) is 29.4 Å². The van der Waals surface area contributed by atoms with Crippen LogP contribution in [-0.2, 0) is 4.84 Å². The first kappa shape index (κ1) is 10.5. The molecule has 0 unspecified atom stereocenters. The van der Waals surface area contributed by atoms with E-state index in [2.05, 4.69) is 21.1 Å². The van der Waals surface area contributed by atoms with E-state index in [4.69, 9.17) is 16.4 Å². The standard InChI is InChI=1S/C9H9BrClNO/c1-13-12-9(6-10)7-3-2-4-8(11)5-7/h2-5H,6H2,1H3. The fourth-order valence-electron chi connectivity index (χ4n) is 0.932. The van der Waals surface area contributed by atoms with Gasteiger partial charge in [0.05, 0.1) is 5.71 Å². The predicted octanol–water partition coefficient (Wildman–Crippen LogP) is 3.09. The Hall–Kier alpha value is -0.540. The van der Waals surface area contributed by atoms with E-state index in [1.54, 1.807) is 0 Å². The Labute approximate surface area is 90.7 Å². The smallest absolute Gasteiger partial charge is 0.106 e. The zero-order valence-corrected chi connectivity index (χ0v) is 9.47. The van der Waals surface area contributed by atoms with Gasteiger partial charge in [-0.05, 0) is 12.1 Å². The summed E-state index contributed by atoms with van der Waals surface area (Å²) in [6.07, 6.45) is 0. The van der Waals surface area contributed by atoms with E-state index >= 15 is 0 Å². The molecule has 0 aliphatic carbocycles. The van der Waals surface area contributed by atoms with Crippen molar-refractivity contribution in [2.45, 2.75) is 0 Å². The van der Waals surface area contributed by atoms with Crippen molar-refractivity contribution in [3.63, 3.8) is 0 Å². The fraction of sp³-hybridized carbons (Fsp3) is 0.222. The Bertz CT molecular complexity index is 314. The average molecular weight is 263 g/mol. The molecule has 0 amide bonds. The zero-order valence-electron chi connectivity index (χ0n) is 7.13. The molecule has 0 saturated heterocycles. The number of halogens is 2. The lowest BCUT2D eigenvalue weighted by Gasteiger charge is -2.01. The van der Waals surface area contributed by atoms with E-state index in [1.807, 2.05) is 24.3 Å². The fourth-order valence-corrected chi connectivity index (χ4v) is 1.55. The maximum Gasteiger partial charge on any atom is 0.106 e. The van der Waals surface area contributed by atoms with Gasteiger partial charge in [0.15, 0.2) is 0 Å². The molecule has 2 nitrogen and oxygen atoms in total. The molecule has 13 heavy (non-hydrogen) atoms. The minimum atomic E-state index is 0.640. The summed E-state index contributed by atoms with van der Waals surface area (Å²) in [5.41, 5.74) is 1.79. The third-order valence-electron chi connectivity index (χ3n) is 1.49. The number of oxime groups is 1. The maximum atomic E-state index is 5.83. The molecule has 0 fully saturated rings. The van der Waals surface area contributed by atoms with Crippen molar-refractivity contribution in [1.29, 1.82) is 0 Å². The van der Waals surface area contributed by atoms with Crippen molar-refractivity contribution in [2.24, 2.45) is 5.16 Å². The Kier molecular flexibility index (Phi) is 4.25. The van der Waals surface area contributed by atoms with Crippen LogP contribution < -0.4 is 0 Å². The third kappa shape index (κ3) is 3.01. The predicted molar refractivity (Wildman–Crippen MR) is 58.8 cm³/mol. The van der Waals surface area contributed by atoms with Crippen LogP contribution in [0.5, 0.6) is 0 Å². The molecule has 0 saturated carbocycles. The lowest BCUT2D eigenvalue weighted by Crippen LogP contribution is -2.02. The molecule has 1 aromatic rings. The third-order valence-corrected chi connectivity index (χ3v) is 2.25. The van der Waals surface area contributed by atoms with Crippen molar-refractivity contribution in [3.05, 3.63) is 34.9 Å². The average Bonchev–Trinajstić information content (AvgIpc) is 2.14. The molecular weight excluding hydrogens is 253 g/mol. The van der Waals surface area contributed by atoms with E-state index in [-0.39, 0.29) is 0 Å². The van der Waals surface area contributed by atoms with E-state index in [9.17, 15) is 0 Å². The molecule has 0 heterocycles. The van der Waals surface area contributed by atoms with Gasteiger partial charge in [0, 0.05) is 15.9 Å². The van der Waals surface area contributed by atoms with Gasteiger partial charge in [0.1, 0.15) is 7.11 Å². The van der Waals surface area contributed by atoms with Gasteiger partial charge in [-0.25, -0.2) is 0 Å². The topological polar surface area (TPSA) is 21.6 Å². The van der Waals surface area contributed by atoms with Crippen LogP contribution in [0.3, 0.4) is 0 Å². The number of rotatable bonds is 3. The Morgan fingerprint density at radius 3 is 2.92 bits per heavy atom. The SMILES string of the molecule is CON=C(CBr)c1cccc(Cl)c1. The summed E-state index contributed by atoms with van der Waals surface area (Å²) in [4.78, 5) is 4.70. The molecule has 0 spiro atoms. The lowest BCUT2D eigenvalue weighted by atomic mass is 10.1. The second-order valence-corrected chi connectivity index (χ2v) is 3.36. The Morgan fingerprint density at radius 2 is 2.38 bits per heavy atom. The Morgan fingerprint density at radius 1 is 1.62 bits per heavy atom. The molecule has 0 bridgehead atoms. The lowest BCUT2D eigenvalue weighted by molar-refractivity contribution is 0.213. The monoisotopic (exact) mass is 261 g/mol. The molecule has 0 N–H and O–H groups in total. The highest BCUT2D eigenvalue weighted by atomic mass is 79.9. The van der Waals surface area contributed by atoms with Crippen LogP contribution in [0, 0.1) is 0 Å². The molecular formula is C9H9BrClNO. The Balaban J connectivity index is 2.98. The first-order chi connectivity index (χ1) is 6.27. The van der Waals surface area contributed by atoms with Gasteiger partial charge >= 0.3 is 0 Å². The quantitative estimate of drug-likeness (QED) is 0.466. The normalized spacial score (nSPS) is 11.5. The van der Waals surface area contributed by atoms with Crippen molar-refractivity contribution < 1.29 is 4.84 Å². The minimum Gasteiger partial charge on any atom is -0.399 e. The van der Waals surface area contributed by atoms with Crippen LogP contribution in [0.1, 0.15) is 5.56 Å². The van der Waals surface area contributed by atoms with Crippen LogP contribution in [0.4, 0.5) is 0 Å². The van der Waals surface area contributed by atoms with Gasteiger partial charge in [-0.15, -0.1) is 0 Å². The van der Waals surface area contributed by atoms with Gasteiger partial charge < -0.3 is 4.84 Å². The van der Waals surface area contributed by atoms with Crippen molar-refractivity contribution >= 4 is 33.2 Å². The first-order valence-electron chi connectivity index (χ1n) is 3.70. The van der Waals surface area contributed by atoms with Gasteiger partial charge in [-0.1, -0.05) is 44.8 Å². The van der Waals surface area contributed by atoms with E-state index in [0.29, 0.717) is 10.4 Å². The highest BCUT2D eigenvalue weighted by Gasteiger charge is 2.02. The summed E-state index contributed by atoms with van der Waals surface area (Å²) < 4.78 is 0. The number of nitrogens with zero attached hydrogens (tertiary/aromatic N) is 1. The van der Waals surface area contributed by atoms with Crippen LogP contribution in [-0.4, -0.2) is 18.2 Å². The van der Waals surface area contributed by atoms with Crippen LogP contribution in [0.2, 0.25) is 5.02 Å². The summed E-state index contributed by atoms with van der Waals surface area (Å²) >= 11 is 9.16. The van der Waals surface area contributed by atoms with E-state index in [0.717, 1.165) is 11.3 Å². The maximum absolute atomic E-state index is 5.83. The zero-order chi connectivity index (χ0) is 9.68. The summed E-state index contributed by atoms with van der Waals surface area (Å²) in [6.45, 7) is 0. The molecule has 0 atom stereocenters. The molecule has 0 aliphatic rings. The first-order valence-corrected chi connectivity index (χ1v) is 5.20. The summed E-state index contributed by atoms with van der Waals surface area (Å²) in [6, 6.07) is 7.49. The number of hydrogen-bond acceptors (Lipinski definition) is 2. The van der Waals surface area contributed by atoms with Gasteiger partial charge in [0.2, 0.25) is 0 Å². The molecule has 1 rings (SSSR count). The summed E-state index contributed by atoms with van der Waals surface area (Å²) in [5.74, 6) is 0. The van der Waals surface area contributed by atoms with Gasteiger partial charge in [-0.2, -0.15) is 0 Å². The number of hydrogen-bond donors (Lipinski definition) is 0. The second-order valence-electron chi connectivity index (χ2n) is 2.36. The van der Waals surface area contributed by atoms with Crippen LogP contribution in [0.25, 0.3) is 0 Å². The number of benzene rings is 1. The number of alkyl halides is 1. The second kappa shape index (κ2) is 5.25. The van der Waals surface area contributed by atoms with Crippen molar-refractivity contribution in [2.75, 3.05) is 12.4 Å². The summed E-state index contributed by atoms with van der Waals surface area (Å²) in [7, 11) is 1.52. The molecule has 1 aromatic carbocycles. The van der Waals surface area contributed by atoms with Crippen LogP contribution >= 0.6 is 27.5 Å². The van der Waals surface area contributed by atoms with Gasteiger partial charge in [0.25, 0.3) is 0 Å². The van der Waals surface area contributed by atoms with Gasteiger partial charge in [-0.3, -0.25) is 0 Å². The highest BCUT2D eigenvalue weighted by Crippen LogP contribution is 2.12. The largest absolute Gasteiger partial charge is 0.399 e. The summed E-state index contributed by atoms with van der Waals surface area (Å²) in [5, 5.41) is 5.20. The molecule has 4 heteroatoms. The molecule has 70 valence electrons. The van der Waals surface area contributed by atoms with E-state index in [1.165, 1.54) is 7.11 Å². The molecule has 0 aromatic heterocycles. The highest BCUT2D eigenvalue weighted by molar-refractivity contribution is 9.09.